The van der Waals surface area contributed by atoms with Crippen molar-refractivity contribution < 1.29 is 4.42 Å². The minimum Gasteiger partial charge on any atom is -0.469 e. The van der Waals surface area contributed by atoms with Crippen LogP contribution in [0.2, 0.25) is 0 Å². The first-order valence-electron chi connectivity index (χ1n) is 4.81. The van der Waals surface area contributed by atoms with Gasteiger partial charge in [0.15, 0.2) is 0 Å². The number of nitrogens with one attached hydrogen (secondary N) is 1. The van der Waals surface area contributed by atoms with Crippen LogP contribution in [0, 0.1) is 0 Å². The molecule has 0 atom stereocenters. The molecule has 0 amide bonds. The van der Waals surface area contributed by atoms with Crippen LogP contribution in [0.15, 0.2) is 38.7 Å². The second kappa shape index (κ2) is 5.49. The highest BCUT2D eigenvalue weighted by Crippen LogP contribution is 2.21. The molecule has 0 fully saturated rings. The van der Waals surface area contributed by atoms with Crippen LogP contribution in [-0.2, 0) is 13.0 Å². The molecule has 0 aliphatic carbocycles. The van der Waals surface area contributed by atoms with Crippen LogP contribution in [0.4, 0.5) is 0 Å². The highest BCUT2D eigenvalue weighted by molar-refractivity contribution is 9.10. The number of hydrogen-bond acceptors (Lipinski definition) is 3. The Kier molecular flexibility index (Phi) is 4.00. The first kappa shape index (κ1) is 10.9. The van der Waals surface area contributed by atoms with Crippen molar-refractivity contribution in [2.75, 3.05) is 6.54 Å². The standard InChI is InChI=1S/C11H12BrNOS/c12-10-4-7-15-11(10)8-13-5-3-9-2-1-6-14-9/h1-2,4,6-7,13H,3,5,8H2. The molecule has 0 saturated heterocycles. The minimum absolute atomic E-state index is 0.916. The summed E-state index contributed by atoms with van der Waals surface area (Å²) >= 11 is 5.27. The zero-order chi connectivity index (χ0) is 10.5. The van der Waals surface area contributed by atoms with Gasteiger partial charge in [0.05, 0.1) is 6.26 Å². The van der Waals surface area contributed by atoms with Gasteiger partial charge in [-0.1, -0.05) is 0 Å². The van der Waals surface area contributed by atoms with Crippen LogP contribution in [0.25, 0.3) is 0 Å². The van der Waals surface area contributed by atoms with Crippen molar-refractivity contribution in [1.82, 2.24) is 5.32 Å². The van der Waals surface area contributed by atoms with Crippen molar-refractivity contribution in [3.63, 3.8) is 0 Å². The Balaban J connectivity index is 1.70. The first-order chi connectivity index (χ1) is 7.36. The monoisotopic (exact) mass is 285 g/mol. The minimum atomic E-state index is 0.916. The highest BCUT2D eigenvalue weighted by Gasteiger charge is 2.00. The Labute approximate surface area is 101 Å². The molecule has 0 bridgehead atoms. The number of rotatable bonds is 5. The summed E-state index contributed by atoms with van der Waals surface area (Å²) in [7, 11) is 0. The van der Waals surface area contributed by atoms with Crippen LogP contribution < -0.4 is 5.32 Å². The zero-order valence-corrected chi connectivity index (χ0v) is 10.6. The lowest BCUT2D eigenvalue weighted by Crippen LogP contribution is -2.15. The summed E-state index contributed by atoms with van der Waals surface area (Å²) in [5.74, 6) is 1.03. The number of hydrogen-bond donors (Lipinski definition) is 1. The fourth-order valence-electron chi connectivity index (χ4n) is 1.32. The van der Waals surface area contributed by atoms with Gasteiger partial charge in [0, 0.05) is 28.9 Å². The number of halogens is 1. The third-order valence-corrected chi connectivity index (χ3v) is 4.03. The Bertz CT molecular complexity index is 396. The fraction of sp³-hybridized carbons (Fsp3) is 0.273. The molecule has 2 aromatic heterocycles. The van der Waals surface area contributed by atoms with Gasteiger partial charge in [-0.3, -0.25) is 0 Å². The Morgan fingerprint density at radius 3 is 3.00 bits per heavy atom. The van der Waals surface area contributed by atoms with Gasteiger partial charge in [0.2, 0.25) is 0 Å². The molecule has 0 saturated carbocycles. The molecular formula is C11H12BrNOS. The molecule has 0 aliphatic rings. The first-order valence-corrected chi connectivity index (χ1v) is 6.48. The van der Waals surface area contributed by atoms with Crippen molar-refractivity contribution in [2.45, 2.75) is 13.0 Å². The average molecular weight is 286 g/mol. The van der Waals surface area contributed by atoms with Crippen molar-refractivity contribution in [2.24, 2.45) is 0 Å². The molecule has 80 valence electrons. The summed E-state index contributed by atoms with van der Waals surface area (Å²) in [4.78, 5) is 1.34. The summed E-state index contributed by atoms with van der Waals surface area (Å²) in [6.45, 7) is 1.86. The second-order valence-corrected chi connectivity index (χ2v) is 5.05. The van der Waals surface area contributed by atoms with E-state index in [0.29, 0.717) is 0 Å². The van der Waals surface area contributed by atoms with Gasteiger partial charge in [0.25, 0.3) is 0 Å². The lowest BCUT2D eigenvalue weighted by atomic mass is 10.3. The van der Waals surface area contributed by atoms with E-state index < -0.39 is 0 Å². The topological polar surface area (TPSA) is 25.2 Å². The lowest BCUT2D eigenvalue weighted by molar-refractivity contribution is 0.499. The number of thiophene rings is 1. The van der Waals surface area contributed by atoms with Crippen LogP contribution in [0.1, 0.15) is 10.6 Å². The lowest BCUT2D eigenvalue weighted by Gasteiger charge is -2.01. The molecule has 0 unspecified atom stereocenters. The van der Waals surface area contributed by atoms with E-state index in [1.807, 2.05) is 12.1 Å². The van der Waals surface area contributed by atoms with Gasteiger partial charge < -0.3 is 9.73 Å². The van der Waals surface area contributed by atoms with E-state index in [1.54, 1.807) is 17.6 Å². The Morgan fingerprint density at radius 2 is 2.33 bits per heavy atom. The maximum atomic E-state index is 5.25. The smallest absolute Gasteiger partial charge is 0.105 e. The van der Waals surface area contributed by atoms with Crippen LogP contribution >= 0.6 is 27.3 Å². The maximum absolute atomic E-state index is 5.25. The predicted molar refractivity (Wildman–Crippen MR) is 66.1 cm³/mol. The van der Waals surface area contributed by atoms with Crippen molar-refractivity contribution in [3.8, 4) is 0 Å². The van der Waals surface area contributed by atoms with Gasteiger partial charge in [-0.2, -0.15) is 0 Å². The third kappa shape index (κ3) is 3.19. The van der Waals surface area contributed by atoms with Gasteiger partial charge in [0.1, 0.15) is 5.76 Å². The normalized spacial score (nSPS) is 10.7. The highest BCUT2D eigenvalue weighted by atomic mass is 79.9. The molecule has 0 radical (unpaired) electrons. The van der Waals surface area contributed by atoms with Crippen LogP contribution in [0.5, 0.6) is 0 Å². The summed E-state index contributed by atoms with van der Waals surface area (Å²) < 4.78 is 6.44. The molecular weight excluding hydrogens is 274 g/mol. The molecule has 0 spiro atoms. The van der Waals surface area contributed by atoms with E-state index in [2.05, 4.69) is 32.7 Å². The van der Waals surface area contributed by atoms with E-state index in [0.717, 1.165) is 25.3 Å². The van der Waals surface area contributed by atoms with Crippen LogP contribution in [-0.4, -0.2) is 6.54 Å². The quantitative estimate of drug-likeness (QED) is 0.852. The van der Waals surface area contributed by atoms with E-state index in [-0.39, 0.29) is 0 Å². The molecule has 0 aliphatic heterocycles. The van der Waals surface area contributed by atoms with Gasteiger partial charge in [-0.15, -0.1) is 11.3 Å². The summed E-state index contributed by atoms with van der Waals surface area (Å²) in [5.41, 5.74) is 0. The molecule has 2 nitrogen and oxygen atoms in total. The third-order valence-electron chi connectivity index (χ3n) is 2.10. The van der Waals surface area contributed by atoms with Gasteiger partial charge in [-0.25, -0.2) is 0 Å². The Morgan fingerprint density at radius 1 is 1.40 bits per heavy atom. The van der Waals surface area contributed by atoms with Crippen molar-refractivity contribution >= 4 is 27.3 Å². The maximum Gasteiger partial charge on any atom is 0.105 e. The molecule has 1 N–H and O–H groups in total. The molecule has 2 rings (SSSR count). The summed E-state index contributed by atoms with van der Waals surface area (Å²) in [5, 5.41) is 5.48. The zero-order valence-electron chi connectivity index (χ0n) is 8.20. The average Bonchev–Trinajstić information content (AvgIpc) is 2.85. The summed E-state index contributed by atoms with van der Waals surface area (Å²) in [6.07, 6.45) is 2.65. The molecule has 0 aromatic carbocycles. The van der Waals surface area contributed by atoms with Crippen molar-refractivity contribution in [3.05, 3.63) is 45.0 Å². The van der Waals surface area contributed by atoms with E-state index >= 15 is 0 Å². The fourth-order valence-corrected chi connectivity index (χ4v) is 2.78. The molecule has 2 aromatic rings. The van der Waals surface area contributed by atoms with Gasteiger partial charge >= 0.3 is 0 Å². The van der Waals surface area contributed by atoms with E-state index in [9.17, 15) is 0 Å². The van der Waals surface area contributed by atoms with Crippen molar-refractivity contribution in [1.29, 1.82) is 0 Å². The van der Waals surface area contributed by atoms with E-state index in [1.165, 1.54) is 9.35 Å². The molecule has 2 heterocycles. The molecule has 4 heteroatoms. The predicted octanol–water partition coefficient (Wildman–Crippen LogP) is 3.44. The summed E-state index contributed by atoms with van der Waals surface area (Å²) in [6, 6.07) is 6.00. The second-order valence-electron chi connectivity index (χ2n) is 3.20. The number of furan rings is 1. The van der Waals surface area contributed by atoms with Crippen LogP contribution in [0.3, 0.4) is 0 Å². The Hall–Kier alpha value is -0.580. The molecule has 15 heavy (non-hydrogen) atoms. The van der Waals surface area contributed by atoms with E-state index in [4.69, 9.17) is 4.42 Å². The van der Waals surface area contributed by atoms with Gasteiger partial charge in [-0.05, 0) is 39.5 Å². The SMILES string of the molecule is Brc1ccsc1CNCCc1ccco1. The largest absolute Gasteiger partial charge is 0.469 e.